The molecule has 0 fully saturated rings. The predicted molar refractivity (Wildman–Crippen MR) is 154 cm³/mol. The number of carbonyl (C=O) groups is 2. The van der Waals surface area contributed by atoms with E-state index in [0.717, 1.165) is 40.8 Å². The van der Waals surface area contributed by atoms with Gasteiger partial charge < -0.3 is 19.9 Å². The van der Waals surface area contributed by atoms with Crippen molar-refractivity contribution in [1.29, 1.82) is 0 Å². The Kier molecular flexibility index (Phi) is 10.2. The second-order valence-electron chi connectivity index (χ2n) is 10.9. The van der Waals surface area contributed by atoms with Crippen LogP contribution < -0.4 is 10.9 Å². The molecule has 8 heteroatoms. The molecule has 8 nitrogen and oxygen atoms in total. The lowest BCUT2D eigenvalue weighted by molar-refractivity contribution is -0.138. The second-order valence-corrected chi connectivity index (χ2v) is 10.9. The number of nitrogens with zero attached hydrogens (tertiary/aromatic N) is 3. The summed E-state index contributed by atoms with van der Waals surface area (Å²) in [6.45, 7) is 8.83. The molecule has 0 bridgehead atoms. The van der Waals surface area contributed by atoms with E-state index in [1.54, 1.807) is 24.7 Å². The van der Waals surface area contributed by atoms with Gasteiger partial charge in [0.05, 0.1) is 12.5 Å². The lowest BCUT2D eigenvalue weighted by Crippen LogP contribution is -2.40. The molecule has 0 aliphatic heterocycles. The molecule has 1 aromatic carbocycles. The molecule has 3 rings (SSSR count). The minimum absolute atomic E-state index is 0.132. The number of hydrogen-bond acceptors (Lipinski definition) is 5. The third-order valence-electron chi connectivity index (χ3n) is 6.82. The van der Waals surface area contributed by atoms with Gasteiger partial charge >= 0.3 is 5.97 Å². The van der Waals surface area contributed by atoms with Crippen molar-refractivity contribution in [3.05, 3.63) is 87.6 Å². The third-order valence-corrected chi connectivity index (χ3v) is 6.82. The van der Waals surface area contributed by atoms with Crippen LogP contribution in [0.5, 0.6) is 0 Å². The van der Waals surface area contributed by atoms with E-state index in [-0.39, 0.29) is 17.9 Å². The van der Waals surface area contributed by atoms with Crippen molar-refractivity contribution in [3.63, 3.8) is 0 Å². The number of benzene rings is 1. The molecule has 39 heavy (non-hydrogen) atoms. The van der Waals surface area contributed by atoms with Crippen molar-refractivity contribution in [2.45, 2.75) is 59.0 Å². The Morgan fingerprint density at radius 2 is 1.77 bits per heavy atom. The summed E-state index contributed by atoms with van der Waals surface area (Å²) in [5.41, 5.74) is 5.31. The summed E-state index contributed by atoms with van der Waals surface area (Å²) in [6.07, 6.45) is 5.87. The van der Waals surface area contributed by atoms with Crippen LogP contribution in [0.25, 0.3) is 11.1 Å². The number of carbonyl (C=O) groups excluding carboxylic acids is 1. The van der Waals surface area contributed by atoms with Crippen LogP contribution in [0.3, 0.4) is 0 Å². The lowest BCUT2D eigenvalue weighted by Gasteiger charge is -2.25. The van der Waals surface area contributed by atoms with Crippen LogP contribution in [0.15, 0.2) is 59.8 Å². The normalized spacial score (nSPS) is 12.9. The number of carboxylic acids is 1. The summed E-state index contributed by atoms with van der Waals surface area (Å²) in [5.74, 6) is -1.30. The molecule has 2 N–H and O–H groups in total. The monoisotopic (exact) mass is 532 g/mol. The summed E-state index contributed by atoms with van der Waals surface area (Å²) < 4.78 is 1.46. The Morgan fingerprint density at radius 1 is 1.08 bits per heavy atom. The topological polar surface area (TPSA) is 105 Å². The summed E-state index contributed by atoms with van der Waals surface area (Å²) in [6, 6.07) is 9.79. The Hall–Kier alpha value is -3.78. The molecule has 0 saturated heterocycles. The molecule has 2 aromatic heterocycles. The maximum atomic E-state index is 13.7. The number of hydrogen-bond donors (Lipinski definition) is 2. The fourth-order valence-corrected chi connectivity index (χ4v) is 4.84. The lowest BCUT2D eigenvalue weighted by atomic mass is 9.94. The largest absolute Gasteiger partial charge is 0.481 e. The van der Waals surface area contributed by atoms with Gasteiger partial charge in [0.15, 0.2) is 0 Å². The Morgan fingerprint density at radius 3 is 2.36 bits per heavy atom. The van der Waals surface area contributed by atoms with Gasteiger partial charge in [-0.15, -0.1) is 0 Å². The number of likely N-dealkylation sites (N-methyl/N-ethyl adjacent to an activating group) is 1. The molecule has 0 radical (unpaired) electrons. The van der Waals surface area contributed by atoms with E-state index < -0.39 is 24.0 Å². The smallest absolute Gasteiger partial charge is 0.305 e. The first-order chi connectivity index (χ1) is 18.5. The zero-order chi connectivity index (χ0) is 28.7. The van der Waals surface area contributed by atoms with E-state index in [9.17, 15) is 19.5 Å². The van der Waals surface area contributed by atoms with E-state index in [1.165, 1.54) is 4.57 Å². The highest BCUT2D eigenvalue weighted by molar-refractivity contribution is 5.82. The molecule has 208 valence electrons. The first-order valence-electron chi connectivity index (χ1n) is 13.4. The number of nitrogens with one attached hydrogen (secondary N) is 1. The number of carboxylic acid groups (broad SMARTS) is 1. The van der Waals surface area contributed by atoms with Crippen LogP contribution in [0, 0.1) is 19.8 Å². The molecule has 2 unspecified atom stereocenters. The minimum Gasteiger partial charge on any atom is -0.481 e. The zero-order valence-electron chi connectivity index (χ0n) is 23.8. The molecule has 0 spiro atoms. The number of aryl methyl sites for hydroxylation is 2. The molecular formula is C31H40N4O4. The summed E-state index contributed by atoms with van der Waals surface area (Å²) in [4.78, 5) is 45.0. The van der Waals surface area contributed by atoms with Gasteiger partial charge in [-0.2, -0.15) is 0 Å². The summed E-state index contributed by atoms with van der Waals surface area (Å²) in [5, 5.41) is 12.6. The van der Waals surface area contributed by atoms with E-state index >= 15 is 0 Å². The molecule has 3 aromatic rings. The average Bonchev–Trinajstić information content (AvgIpc) is 2.85. The standard InChI is InChI=1S/C31H40N4O4/c1-20(2)14-27(35-13-11-23(15-28(35)36)10-12-34(5)6)31(39)33-26(17-29(37)38)24-16-25(19-32-18-24)30-21(3)8-7-9-22(30)4/h7-9,11,13,15-16,18-20,26-27H,10,12,14,17H2,1-6H3,(H,33,39)(H,37,38). The van der Waals surface area contributed by atoms with Crippen LogP contribution in [0.2, 0.25) is 0 Å². The quantitative estimate of drug-likeness (QED) is 0.355. The minimum atomic E-state index is -1.04. The first kappa shape index (κ1) is 29.8. The van der Waals surface area contributed by atoms with Gasteiger partial charge in [-0.25, -0.2) is 0 Å². The van der Waals surface area contributed by atoms with Gasteiger partial charge in [-0.1, -0.05) is 32.0 Å². The van der Waals surface area contributed by atoms with E-state index in [0.29, 0.717) is 12.0 Å². The average molecular weight is 533 g/mol. The van der Waals surface area contributed by atoms with Crippen molar-refractivity contribution in [2.75, 3.05) is 20.6 Å². The summed E-state index contributed by atoms with van der Waals surface area (Å²) >= 11 is 0. The van der Waals surface area contributed by atoms with Crippen molar-refractivity contribution in [3.8, 4) is 11.1 Å². The van der Waals surface area contributed by atoms with E-state index in [4.69, 9.17) is 0 Å². The molecule has 0 aliphatic rings. The Labute approximate surface area is 230 Å². The molecule has 2 atom stereocenters. The van der Waals surface area contributed by atoms with Crippen molar-refractivity contribution in [1.82, 2.24) is 19.8 Å². The highest BCUT2D eigenvalue weighted by Crippen LogP contribution is 2.29. The predicted octanol–water partition coefficient (Wildman–Crippen LogP) is 4.55. The van der Waals surface area contributed by atoms with Gasteiger partial charge in [0.1, 0.15) is 6.04 Å². The highest BCUT2D eigenvalue weighted by Gasteiger charge is 2.27. The van der Waals surface area contributed by atoms with Crippen molar-refractivity contribution < 1.29 is 14.7 Å². The molecule has 1 amide bonds. The number of aromatic nitrogens is 2. The van der Waals surface area contributed by atoms with Crippen molar-refractivity contribution >= 4 is 11.9 Å². The van der Waals surface area contributed by atoms with Crippen LogP contribution >= 0.6 is 0 Å². The van der Waals surface area contributed by atoms with Gasteiger partial charge in [0, 0.05) is 36.8 Å². The molecule has 2 heterocycles. The fourth-order valence-electron chi connectivity index (χ4n) is 4.84. The number of amides is 1. The number of aliphatic carboxylic acids is 1. The van der Waals surface area contributed by atoms with Gasteiger partial charge in [0.2, 0.25) is 5.91 Å². The maximum Gasteiger partial charge on any atom is 0.305 e. The van der Waals surface area contributed by atoms with Gasteiger partial charge in [-0.3, -0.25) is 19.4 Å². The highest BCUT2D eigenvalue weighted by atomic mass is 16.4. The Bertz CT molecular complexity index is 1340. The van der Waals surface area contributed by atoms with Gasteiger partial charge in [-0.05, 0) is 86.7 Å². The van der Waals surface area contributed by atoms with E-state index in [2.05, 4.69) is 10.3 Å². The molecule has 0 aliphatic carbocycles. The second kappa shape index (κ2) is 13.3. The number of pyridine rings is 2. The molecular weight excluding hydrogens is 492 g/mol. The van der Waals surface area contributed by atoms with Crippen LogP contribution in [0.1, 0.15) is 61.0 Å². The van der Waals surface area contributed by atoms with Crippen molar-refractivity contribution in [2.24, 2.45) is 5.92 Å². The SMILES string of the molecule is Cc1cccc(C)c1-c1cncc(C(CC(=O)O)NC(=O)C(CC(C)C)n2ccc(CCN(C)C)cc2=O)c1. The van der Waals surface area contributed by atoms with E-state index in [1.807, 2.05) is 77.0 Å². The maximum absolute atomic E-state index is 13.7. The number of rotatable bonds is 12. The van der Waals surface area contributed by atoms with Crippen LogP contribution in [-0.4, -0.2) is 52.1 Å². The molecule has 0 saturated carbocycles. The fraction of sp³-hybridized carbons (Fsp3) is 0.419. The van der Waals surface area contributed by atoms with Crippen LogP contribution in [-0.2, 0) is 16.0 Å². The van der Waals surface area contributed by atoms with Gasteiger partial charge in [0.25, 0.3) is 5.56 Å². The first-order valence-corrected chi connectivity index (χ1v) is 13.4. The Balaban J connectivity index is 1.94. The van der Waals surface area contributed by atoms with Crippen LogP contribution in [0.4, 0.5) is 0 Å². The zero-order valence-corrected chi connectivity index (χ0v) is 23.8. The third kappa shape index (κ3) is 8.10. The summed E-state index contributed by atoms with van der Waals surface area (Å²) in [7, 11) is 3.95.